The van der Waals surface area contributed by atoms with Gasteiger partial charge in [-0.3, -0.25) is 0 Å². The molecule has 142 valence electrons. The Balaban J connectivity index is 1.72. The molecule has 2 aromatic rings. The Morgan fingerprint density at radius 3 is 2.88 bits per heavy atom. The molecule has 26 heavy (non-hydrogen) atoms. The van der Waals surface area contributed by atoms with Crippen molar-refractivity contribution in [3.05, 3.63) is 16.8 Å². The first kappa shape index (κ1) is 19.0. The Kier molecular flexibility index (Phi) is 6.76. The molecule has 1 saturated carbocycles. The van der Waals surface area contributed by atoms with E-state index in [4.69, 9.17) is 14.6 Å². The van der Waals surface area contributed by atoms with Gasteiger partial charge in [-0.1, -0.05) is 6.42 Å². The molecule has 2 aromatic heterocycles. The highest BCUT2D eigenvalue weighted by Gasteiger charge is 2.24. The Morgan fingerprint density at radius 1 is 1.31 bits per heavy atom. The van der Waals surface area contributed by atoms with Gasteiger partial charge in [0.2, 0.25) is 0 Å². The van der Waals surface area contributed by atoms with E-state index in [2.05, 4.69) is 15.3 Å². The van der Waals surface area contributed by atoms with Crippen LogP contribution in [0.1, 0.15) is 47.3 Å². The molecule has 0 aromatic carbocycles. The number of ether oxygens (including phenoxy) is 2. The molecule has 0 bridgehead atoms. The quantitative estimate of drug-likeness (QED) is 0.538. The molecular weight excluding hydrogens is 354 g/mol. The van der Waals surface area contributed by atoms with Crippen molar-refractivity contribution < 1.29 is 19.4 Å². The molecular formula is C18H25N3O4S. The SMILES string of the molecule is Cc1c(C(=O)OC2CCCCC2)sc2ncnc(NCCOCCO)c12. The maximum absolute atomic E-state index is 12.6. The Bertz CT molecular complexity index is 743. The zero-order valence-electron chi connectivity index (χ0n) is 15.0. The fourth-order valence-corrected chi connectivity index (χ4v) is 4.23. The maximum atomic E-state index is 12.6. The van der Waals surface area contributed by atoms with Crippen molar-refractivity contribution in [3.8, 4) is 0 Å². The number of thiophene rings is 1. The third kappa shape index (κ3) is 4.49. The Morgan fingerprint density at radius 2 is 2.12 bits per heavy atom. The van der Waals surface area contributed by atoms with E-state index in [0.717, 1.165) is 41.5 Å². The minimum absolute atomic E-state index is 0.00779. The molecule has 0 radical (unpaired) electrons. The van der Waals surface area contributed by atoms with Crippen LogP contribution in [0.4, 0.5) is 5.82 Å². The second kappa shape index (κ2) is 9.25. The van der Waals surface area contributed by atoms with Gasteiger partial charge >= 0.3 is 5.97 Å². The van der Waals surface area contributed by atoms with E-state index in [9.17, 15) is 4.79 Å². The zero-order valence-corrected chi connectivity index (χ0v) is 15.8. The summed E-state index contributed by atoms with van der Waals surface area (Å²) in [6, 6.07) is 0. The fourth-order valence-electron chi connectivity index (χ4n) is 3.20. The smallest absolute Gasteiger partial charge is 0.348 e. The van der Waals surface area contributed by atoms with Crippen LogP contribution >= 0.6 is 11.3 Å². The van der Waals surface area contributed by atoms with E-state index in [0.29, 0.717) is 30.5 Å². The van der Waals surface area contributed by atoms with Crippen LogP contribution in [-0.4, -0.2) is 53.5 Å². The third-order valence-corrected chi connectivity index (χ3v) is 5.69. The van der Waals surface area contributed by atoms with Crippen LogP contribution in [0.2, 0.25) is 0 Å². The summed E-state index contributed by atoms with van der Waals surface area (Å²) in [5, 5.41) is 12.8. The lowest BCUT2D eigenvalue weighted by Crippen LogP contribution is -2.20. The maximum Gasteiger partial charge on any atom is 0.348 e. The number of anilines is 1. The van der Waals surface area contributed by atoms with Gasteiger partial charge in [0.15, 0.2) is 0 Å². The largest absolute Gasteiger partial charge is 0.458 e. The number of aliphatic hydroxyl groups excluding tert-OH is 1. The predicted octanol–water partition coefficient (Wildman–Crippen LogP) is 2.91. The first-order valence-electron chi connectivity index (χ1n) is 9.08. The van der Waals surface area contributed by atoms with Gasteiger partial charge < -0.3 is 19.9 Å². The van der Waals surface area contributed by atoms with Gasteiger partial charge in [0.05, 0.1) is 25.2 Å². The molecule has 0 aliphatic heterocycles. The number of hydrogen-bond donors (Lipinski definition) is 2. The number of rotatable bonds is 8. The van der Waals surface area contributed by atoms with Gasteiger partial charge in [0, 0.05) is 6.54 Å². The van der Waals surface area contributed by atoms with E-state index < -0.39 is 0 Å². The second-order valence-corrected chi connectivity index (χ2v) is 7.39. The Hall–Kier alpha value is -1.77. The summed E-state index contributed by atoms with van der Waals surface area (Å²) < 4.78 is 11.0. The van der Waals surface area contributed by atoms with Gasteiger partial charge in [-0.05, 0) is 38.2 Å². The van der Waals surface area contributed by atoms with Crippen molar-refractivity contribution in [2.45, 2.75) is 45.1 Å². The van der Waals surface area contributed by atoms with Gasteiger partial charge in [0.25, 0.3) is 0 Å². The number of aliphatic hydroxyl groups is 1. The van der Waals surface area contributed by atoms with Crippen LogP contribution < -0.4 is 5.32 Å². The first-order valence-corrected chi connectivity index (χ1v) is 9.90. The number of esters is 1. The Labute approximate surface area is 156 Å². The summed E-state index contributed by atoms with van der Waals surface area (Å²) in [7, 11) is 0. The van der Waals surface area contributed by atoms with E-state index in [1.165, 1.54) is 24.1 Å². The standard InChI is InChI=1S/C18H25N3O4S/c1-12-14-16(19-7-9-24-10-8-22)20-11-21-17(14)26-15(12)18(23)25-13-5-3-2-4-6-13/h11,13,22H,2-10H2,1H3,(H,19,20,21). The van der Waals surface area contributed by atoms with Crippen molar-refractivity contribution in [1.82, 2.24) is 9.97 Å². The van der Waals surface area contributed by atoms with Gasteiger partial charge in [-0.2, -0.15) is 0 Å². The first-order chi connectivity index (χ1) is 12.7. The van der Waals surface area contributed by atoms with Crippen LogP contribution in [0.5, 0.6) is 0 Å². The van der Waals surface area contributed by atoms with Crippen molar-refractivity contribution >= 4 is 33.3 Å². The molecule has 0 amide bonds. The molecule has 8 heteroatoms. The summed E-state index contributed by atoms with van der Waals surface area (Å²) in [4.78, 5) is 22.6. The minimum Gasteiger partial charge on any atom is -0.458 e. The highest BCUT2D eigenvalue weighted by Crippen LogP contribution is 2.34. The molecule has 0 spiro atoms. The van der Waals surface area contributed by atoms with Gasteiger partial charge in [0.1, 0.15) is 28.0 Å². The normalized spacial score (nSPS) is 15.3. The number of carbonyl (C=O) groups excluding carboxylic acids is 1. The third-order valence-electron chi connectivity index (χ3n) is 4.51. The lowest BCUT2D eigenvalue weighted by Gasteiger charge is -2.21. The topological polar surface area (TPSA) is 93.6 Å². The van der Waals surface area contributed by atoms with Crippen molar-refractivity contribution in [2.24, 2.45) is 0 Å². The van der Waals surface area contributed by atoms with Crippen molar-refractivity contribution in [3.63, 3.8) is 0 Å². The summed E-state index contributed by atoms with van der Waals surface area (Å²) in [6.07, 6.45) is 6.91. The molecule has 1 aliphatic carbocycles. The van der Waals surface area contributed by atoms with E-state index in [1.54, 1.807) is 0 Å². The molecule has 0 atom stereocenters. The lowest BCUT2D eigenvalue weighted by atomic mass is 9.98. The summed E-state index contributed by atoms with van der Waals surface area (Å²) in [5.41, 5.74) is 0.852. The van der Waals surface area contributed by atoms with Crippen LogP contribution in [-0.2, 0) is 9.47 Å². The number of hydrogen-bond acceptors (Lipinski definition) is 8. The number of aryl methyl sites for hydroxylation is 1. The average Bonchev–Trinajstić information content (AvgIpc) is 3.00. The van der Waals surface area contributed by atoms with Crippen LogP contribution in [0.25, 0.3) is 10.2 Å². The highest BCUT2D eigenvalue weighted by molar-refractivity contribution is 7.20. The van der Waals surface area contributed by atoms with Crippen molar-refractivity contribution in [2.75, 3.05) is 31.7 Å². The molecule has 3 rings (SSSR count). The summed E-state index contributed by atoms with van der Waals surface area (Å²) in [5.74, 6) is 0.433. The van der Waals surface area contributed by atoms with Crippen LogP contribution in [0.15, 0.2) is 6.33 Å². The van der Waals surface area contributed by atoms with E-state index >= 15 is 0 Å². The molecule has 0 saturated heterocycles. The van der Waals surface area contributed by atoms with E-state index in [-0.39, 0.29) is 18.7 Å². The summed E-state index contributed by atoms with van der Waals surface area (Å²) in [6.45, 7) is 3.26. The molecule has 7 nitrogen and oxygen atoms in total. The lowest BCUT2D eigenvalue weighted by molar-refractivity contribution is 0.0216. The number of fused-ring (bicyclic) bond motifs is 1. The monoisotopic (exact) mass is 379 g/mol. The highest BCUT2D eigenvalue weighted by atomic mass is 32.1. The zero-order chi connectivity index (χ0) is 18.4. The number of aromatic nitrogens is 2. The summed E-state index contributed by atoms with van der Waals surface area (Å²) >= 11 is 1.35. The average molecular weight is 379 g/mol. The number of carbonyl (C=O) groups is 1. The molecule has 2 heterocycles. The van der Waals surface area contributed by atoms with Crippen LogP contribution in [0.3, 0.4) is 0 Å². The second-order valence-electron chi connectivity index (χ2n) is 6.39. The predicted molar refractivity (Wildman–Crippen MR) is 101 cm³/mol. The molecule has 0 unspecified atom stereocenters. The number of nitrogens with one attached hydrogen (secondary N) is 1. The molecule has 1 fully saturated rings. The van der Waals surface area contributed by atoms with Gasteiger partial charge in [-0.25, -0.2) is 14.8 Å². The van der Waals surface area contributed by atoms with Crippen LogP contribution in [0, 0.1) is 6.92 Å². The fraction of sp³-hybridized carbons (Fsp3) is 0.611. The number of nitrogens with zero attached hydrogens (tertiary/aromatic N) is 2. The van der Waals surface area contributed by atoms with Gasteiger partial charge in [-0.15, -0.1) is 11.3 Å². The molecule has 1 aliphatic rings. The minimum atomic E-state index is -0.255. The van der Waals surface area contributed by atoms with Crippen molar-refractivity contribution in [1.29, 1.82) is 0 Å². The molecule has 2 N–H and O–H groups in total. The van der Waals surface area contributed by atoms with E-state index in [1.807, 2.05) is 6.92 Å².